The lowest BCUT2D eigenvalue weighted by atomic mass is 9.99. The Morgan fingerprint density at radius 1 is 1.08 bits per heavy atom. The Morgan fingerprint density at radius 3 is 2.84 bits per heavy atom. The monoisotopic (exact) mass is 392 g/mol. The van der Waals surface area contributed by atoms with Crippen molar-refractivity contribution in [3.05, 3.63) is 63.6 Å². The fourth-order valence-electron chi connectivity index (χ4n) is 3.43. The number of rotatable bonds is 5. The van der Waals surface area contributed by atoms with Crippen LogP contribution in [0.1, 0.15) is 29.0 Å². The number of para-hydroxylation sites is 1. The number of fused-ring (bicyclic) bond motifs is 2. The van der Waals surface area contributed by atoms with Gasteiger partial charge in [-0.1, -0.05) is 35.9 Å². The molecule has 0 radical (unpaired) electrons. The van der Waals surface area contributed by atoms with Gasteiger partial charge in [-0.3, -0.25) is 4.90 Å². The Kier molecular flexibility index (Phi) is 6.34. The van der Waals surface area contributed by atoms with Crippen molar-refractivity contribution < 1.29 is 0 Å². The smallest absolute Gasteiger partial charge is 0.0938 e. The standard InChI is InChI=1S/C20H21ClN2S.ClH/c21-17-7-5-6-15-11-13-23(14-16(15)17)12-4-3-10-20-22-18-8-1-2-9-19(18)24-20;/h1-2,5-9H,3-4,10-14H2;1H. The summed E-state index contributed by atoms with van der Waals surface area (Å²) in [4.78, 5) is 7.26. The molecule has 0 atom stereocenters. The lowest BCUT2D eigenvalue weighted by Gasteiger charge is -2.29. The number of nitrogens with zero attached hydrogens (tertiary/aromatic N) is 2. The maximum atomic E-state index is 6.35. The lowest BCUT2D eigenvalue weighted by Crippen LogP contribution is -2.31. The molecule has 132 valence electrons. The molecule has 0 N–H and O–H groups in total. The van der Waals surface area contributed by atoms with E-state index in [1.54, 1.807) is 0 Å². The van der Waals surface area contributed by atoms with Gasteiger partial charge >= 0.3 is 0 Å². The Morgan fingerprint density at radius 2 is 1.96 bits per heavy atom. The summed E-state index contributed by atoms with van der Waals surface area (Å²) in [6, 6.07) is 14.7. The molecule has 0 fully saturated rings. The Balaban J connectivity index is 0.00000182. The Labute approximate surface area is 164 Å². The fourth-order valence-corrected chi connectivity index (χ4v) is 4.69. The first-order chi connectivity index (χ1) is 11.8. The van der Waals surface area contributed by atoms with Gasteiger partial charge in [0.15, 0.2) is 0 Å². The second-order valence-corrected chi connectivity index (χ2v) is 7.96. The van der Waals surface area contributed by atoms with E-state index in [0.29, 0.717) is 0 Å². The van der Waals surface area contributed by atoms with Gasteiger partial charge in [-0.25, -0.2) is 4.98 Å². The highest BCUT2D eigenvalue weighted by Gasteiger charge is 2.17. The van der Waals surface area contributed by atoms with E-state index in [1.165, 1.54) is 33.7 Å². The number of thiazole rings is 1. The number of benzene rings is 2. The molecule has 1 aromatic heterocycles. The van der Waals surface area contributed by atoms with Crippen LogP contribution in [0.3, 0.4) is 0 Å². The van der Waals surface area contributed by atoms with Crippen molar-refractivity contribution in [2.75, 3.05) is 13.1 Å². The topological polar surface area (TPSA) is 16.1 Å². The van der Waals surface area contributed by atoms with Crippen molar-refractivity contribution in [1.82, 2.24) is 9.88 Å². The summed E-state index contributed by atoms with van der Waals surface area (Å²) in [5.41, 5.74) is 3.89. The van der Waals surface area contributed by atoms with Gasteiger partial charge in [0.1, 0.15) is 0 Å². The third-order valence-corrected chi connectivity index (χ3v) is 6.20. The first-order valence-corrected chi connectivity index (χ1v) is 9.82. The summed E-state index contributed by atoms with van der Waals surface area (Å²) in [7, 11) is 0. The molecule has 0 unspecified atom stereocenters. The summed E-state index contributed by atoms with van der Waals surface area (Å²) >= 11 is 8.19. The van der Waals surface area contributed by atoms with Crippen molar-refractivity contribution >= 4 is 45.6 Å². The predicted octanol–water partition coefficient (Wildman–Crippen LogP) is 5.75. The second-order valence-electron chi connectivity index (χ2n) is 6.44. The summed E-state index contributed by atoms with van der Waals surface area (Å²) in [6.07, 6.45) is 4.62. The van der Waals surface area contributed by atoms with Crippen LogP contribution in [0.25, 0.3) is 10.2 Å². The van der Waals surface area contributed by atoms with E-state index >= 15 is 0 Å². The maximum Gasteiger partial charge on any atom is 0.0938 e. The van der Waals surface area contributed by atoms with Crippen molar-refractivity contribution in [2.24, 2.45) is 0 Å². The van der Waals surface area contributed by atoms with Gasteiger partial charge < -0.3 is 0 Å². The molecule has 4 rings (SSSR count). The van der Waals surface area contributed by atoms with Crippen LogP contribution in [-0.2, 0) is 19.4 Å². The van der Waals surface area contributed by atoms with E-state index < -0.39 is 0 Å². The normalized spacial score (nSPS) is 14.3. The third-order valence-electron chi connectivity index (χ3n) is 4.75. The third kappa shape index (κ3) is 4.35. The molecule has 0 saturated heterocycles. The van der Waals surface area contributed by atoms with Crippen LogP contribution in [0.2, 0.25) is 5.02 Å². The zero-order chi connectivity index (χ0) is 16.4. The molecule has 1 aliphatic rings. The van der Waals surface area contributed by atoms with Crippen LogP contribution in [0.15, 0.2) is 42.5 Å². The fraction of sp³-hybridized carbons (Fsp3) is 0.350. The molecule has 25 heavy (non-hydrogen) atoms. The molecule has 2 nitrogen and oxygen atoms in total. The molecule has 5 heteroatoms. The lowest BCUT2D eigenvalue weighted by molar-refractivity contribution is 0.249. The minimum absolute atomic E-state index is 0. The van der Waals surface area contributed by atoms with E-state index in [1.807, 2.05) is 17.4 Å². The molecular weight excluding hydrogens is 371 g/mol. The maximum absolute atomic E-state index is 6.35. The van der Waals surface area contributed by atoms with E-state index in [4.69, 9.17) is 16.6 Å². The van der Waals surface area contributed by atoms with Gasteiger partial charge in [0.05, 0.1) is 15.2 Å². The first kappa shape index (κ1) is 18.7. The number of hydrogen-bond donors (Lipinski definition) is 0. The Hall–Kier alpha value is -1.13. The van der Waals surface area contributed by atoms with Crippen LogP contribution in [-0.4, -0.2) is 23.0 Å². The summed E-state index contributed by atoms with van der Waals surface area (Å²) < 4.78 is 1.30. The predicted molar refractivity (Wildman–Crippen MR) is 110 cm³/mol. The number of aryl methyl sites for hydroxylation is 1. The average molecular weight is 393 g/mol. The van der Waals surface area contributed by atoms with Crippen molar-refractivity contribution in [2.45, 2.75) is 32.2 Å². The molecular formula is C20H22Cl2N2S. The zero-order valence-electron chi connectivity index (χ0n) is 14.1. The highest BCUT2D eigenvalue weighted by molar-refractivity contribution is 7.18. The average Bonchev–Trinajstić information content (AvgIpc) is 3.02. The number of halogens is 2. The molecule has 0 bridgehead atoms. The first-order valence-electron chi connectivity index (χ1n) is 8.63. The van der Waals surface area contributed by atoms with Gasteiger partial charge in [0.25, 0.3) is 0 Å². The molecule has 0 saturated carbocycles. The van der Waals surface area contributed by atoms with E-state index in [0.717, 1.165) is 43.0 Å². The SMILES string of the molecule is Cl.Clc1cccc2c1CN(CCCCc1nc3ccccc3s1)CC2. The summed E-state index contributed by atoms with van der Waals surface area (Å²) in [5.74, 6) is 0. The van der Waals surface area contributed by atoms with Crippen LogP contribution in [0.5, 0.6) is 0 Å². The van der Waals surface area contributed by atoms with E-state index in [9.17, 15) is 0 Å². The molecule has 0 aliphatic carbocycles. The molecule has 2 heterocycles. The van der Waals surface area contributed by atoms with Crippen molar-refractivity contribution in [3.8, 4) is 0 Å². The van der Waals surface area contributed by atoms with Gasteiger partial charge in [0.2, 0.25) is 0 Å². The van der Waals surface area contributed by atoms with Crippen LogP contribution >= 0.6 is 35.3 Å². The Bertz CT molecular complexity index is 814. The van der Waals surface area contributed by atoms with Crippen LogP contribution in [0, 0.1) is 0 Å². The highest BCUT2D eigenvalue weighted by Crippen LogP contribution is 2.26. The largest absolute Gasteiger partial charge is 0.299 e. The van der Waals surface area contributed by atoms with Crippen molar-refractivity contribution in [3.63, 3.8) is 0 Å². The molecule has 1 aliphatic heterocycles. The van der Waals surface area contributed by atoms with E-state index in [-0.39, 0.29) is 12.4 Å². The minimum Gasteiger partial charge on any atom is -0.299 e. The number of unbranched alkanes of at least 4 members (excludes halogenated alkanes) is 1. The zero-order valence-corrected chi connectivity index (χ0v) is 16.5. The number of aromatic nitrogens is 1. The van der Waals surface area contributed by atoms with Crippen LogP contribution in [0.4, 0.5) is 0 Å². The quantitative estimate of drug-likeness (QED) is 0.513. The van der Waals surface area contributed by atoms with Gasteiger partial charge in [-0.05, 0) is 61.6 Å². The summed E-state index contributed by atoms with van der Waals surface area (Å²) in [5, 5.41) is 2.19. The molecule has 0 spiro atoms. The summed E-state index contributed by atoms with van der Waals surface area (Å²) in [6.45, 7) is 3.29. The van der Waals surface area contributed by atoms with Crippen molar-refractivity contribution in [1.29, 1.82) is 0 Å². The highest BCUT2D eigenvalue weighted by atomic mass is 35.5. The number of hydrogen-bond acceptors (Lipinski definition) is 3. The van der Waals surface area contributed by atoms with Gasteiger partial charge in [0, 0.05) is 18.1 Å². The molecule has 0 amide bonds. The van der Waals surface area contributed by atoms with Gasteiger partial charge in [-0.15, -0.1) is 23.7 Å². The van der Waals surface area contributed by atoms with Crippen LogP contribution < -0.4 is 0 Å². The molecule has 3 aromatic rings. The minimum atomic E-state index is 0. The van der Waals surface area contributed by atoms with Gasteiger partial charge in [-0.2, -0.15) is 0 Å². The molecule has 2 aromatic carbocycles. The second kappa shape index (κ2) is 8.50. The van der Waals surface area contributed by atoms with E-state index in [2.05, 4.69) is 41.3 Å².